The molecular weight excluding hydrogens is 282 g/mol. The van der Waals surface area contributed by atoms with Crippen LogP contribution in [0.3, 0.4) is 0 Å². The molecule has 0 radical (unpaired) electrons. The number of aryl methyl sites for hydroxylation is 1. The van der Waals surface area contributed by atoms with E-state index in [2.05, 4.69) is 28.1 Å². The Balaban J connectivity index is 2.00. The van der Waals surface area contributed by atoms with Gasteiger partial charge in [-0.1, -0.05) is 28.1 Å². The highest BCUT2D eigenvalue weighted by Gasteiger charge is 2.38. The van der Waals surface area contributed by atoms with Gasteiger partial charge in [0, 0.05) is 19.2 Å². The van der Waals surface area contributed by atoms with E-state index < -0.39 is 0 Å². The van der Waals surface area contributed by atoms with Crippen LogP contribution in [0.1, 0.15) is 17.5 Å². The lowest BCUT2D eigenvalue weighted by Gasteiger charge is -2.37. The van der Waals surface area contributed by atoms with Crippen molar-refractivity contribution >= 4 is 27.5 Å². The molecule has 4 heteroatoms. The van der Waals surface area contributed by atoms with Gasteiger partial charge in [0.1, 0.15) is 0 Å². The molecule has 3 rings (SSSR count). The minimum Gasteiger partial charge on any atom is -0.378 e. The van der Waals surface area contributed by atoms with E-state index in [4.69, 9.17) is 4.74 Å². The van der Waals surface area contributed by atoms with E-state index in [0.717, 1.165) is 25.3 Å². The van der Waals surface area contributed by atoms with Crippen LogP contribution in [0.4, 0.5) is 5.69 Å². The fraction of sp³-hybridized carbons (Fsp3) is 0.462. The Kier molecular flexibility index (Phi) is 2.52. The van der Waals surface area contributed by atoms with Gasteiger partial charge in [-0.3, -0.25) is 4.79 Å². The number of benzene rings is 1. The van der Waals surface area contributed by atoms with Crippen LogP contribution in [0.25, 0.3) is 0 Å². The number of fused-ring (bicyclic) bond motifs is 1. The summed E-state index contributed by atoms with van der Waals surface area (Å²) in [5.74, 6) is 0.200. The standard InChI is InChI=1S/C13H14BrNO2/c1-15-11-4-3-10(13(14)7-17-8-13)6-9(11)2-5-12(15)16/h3-4,6H,2,5,7-8H2,1H3. The first-order chi connectivity index (χ1) is 8.10. The second kappa shape index (κ2) is 3.82. The van der Waals surface area contributed by atoms with Crippen molar-refractivity contribution in [2.24, 2.45) is 0 Å². The predicted octanol–water partition coefficient (Wildman–Crippen LogP) is 2.22. The summed E-state index contributed by atoms with van der Waals surface area (Å²) >= 11 is 3.73. The summed E-state index contributed by atoms with van der Waals surface area (Å²) in [6.07, 6.45) is 1.45. The molecule has 0 bridgehead atoms. The summed E-state index contributed by atoms with van der Waals surface area (Å²) < 4.78 is 5.25. The third-order valence-corrected chi connectivity index (χ3v) is 4.52. The molecule has 0 spiro atoms. The van der Waals surface area contributed by atoms with Crippen LogP contribution < -0.4 is 4.90 Å². The lowest BCUT2D eigenvalue weighted by molar-refractivity contribution is -0.118. The van der Waals surface area contributed by atoms with Gasteiger partial charge in [-0.25, -0.2) is 0 Å². The molecule has 1 aromatic carbocycles. The fourth-order valence-corrected chi connectivity index (χ4v) is 2.95. The number of anilines is 1. The second-order valence-corrected chi connectivity index (χ2v) is 6.27. The Labute approximate surface area is 109 Å². The first kappa shape index (κ1) is 11.2. The number of amides is 1. The van der Waals surface area contributed by atoms with Crippen LogP contribution in [-0.2, 0) is 20.3 Å². The maximum atomic E-state index is 11.6. The summed E-state index contributed by atoms with van der Waals surface area (Å²) in [4.78, 5) is 13.4. The van der Waals surface area contributed by atoms with Crippen molar-refractivity contribution in [2.45, 2.75) is 17.2 Å². The molecule has 1 saturated heterocycles. The molecule has 1 amide bonds. The van der Waals surface area contributed by atoms with Crippen molar-refractivity contribution in [1.29, 1.82) is 0 Å². The monoisotopic (exact) mass is 295 g/mol. The van der Waals surface area contributed by atoms with Crippen molar-refractivity contribution < 1.29 is 9.53 Å². The van der Waals surface area contributed by atoms with Crippen LogP contribution in [0.5, 0.6) is 0 Å². The van der Waals surface area contributed by atoms with Crippen molar-refractivity contribution in [3.05, 3.63) is 29.3 Å². The number of halogens is 1. The van der Waals surface area contributed by atoms with Gasteiger partial charge in [-0.15, -0.1) is 0 Å². The van der Waals surface area contributed by atoms with Crippen molar-refractivity contribution in [2.75, 3.05) is 25.2 Å². The number of ether oxygens (including phenoxy) is 1. The average Bonchev–Trinajstić information content (AvgIpc) is 2.30. The van der Waals surface area contributed by atoms with Gasteiger partial charge in [-0.05, 0) is 23.6 Å². The van der Waals surface area contributed by atoms with Crippen molar-refractivity contribution in [3.8, 4) is 0 Å². The van der Waals surface area contributed by atoms with Gasteiger partial charge in [0.15, 0.2) is 0 Å². The third-order valence-electron chi connectivity index (χ3n) is 3.60. The predicted molar refractivity (Wildman–Crippen MR) is 69.6 cm³/mol. The highest BCUT2D eigenvalue weighted by molar-refractivity contribution is 9.09. The number of hydrogen-bond donors (Lipinski definition) is 0. The van der Waals surface area contributed by atoms with E-state index in [-0.39, 0.29) is 10.2 Å². The maximum Gasteiger partial charge on any atom is 0.227 e. The highest BCUT2D eigenvalue weighted by Crippen LogP contribution is 2.40. The lowest BCUT2D eigenvalue weighted by atomic mass is 9.92. The quantitative estimate of drug-likeness (QED) is 0.744. The molecule has 0 atom stereocenters. The van der Waals surface area contributed by atoms with Crippen LogP contribution in [0.2, 0.25) is 0 Å². The molecule has 1 aromatic rings. The largest absolute Gasteiger partial charge is 0.378 e. The van der Waals surface area contributed by atoms with E-state index in [1.807, 2.05) is 13.1 Å². The van der Waals surface area contributed by atoms with Crippen LogP contribution in [0, 0.1) is 0 Å². The summed E-state index contributed by atoms with van der Waals surface area (Å²) in [5.41, 5.74) is 3.56. The number of carbonyl (C=O) groups is 1. The zero-order chi connectivity index (χ0) is 12.0. The lowest BCUT2D eigenvalue weighted by Crippen LogP contribution is -2.41. The Hall–Kier alpha value is -0.870. The molecule has 0 unspecified atom stereocenters. The Morgan fingerprint density at radius 3 is 2.76 bits per heavy atom. The maximum absolute atomic E-state index is 11.6. The summed E-state index contributed by atoms with van der Waals surface area (Å²) in [7, 11) is 1.84. The number of nitrogens with zero attached hydrogens (tertiary/aromatic N) is 1. The Bertz CT molecular complexity index is 482. The number of carbonyl (C=O) groups excluding carboxylic acids is 1. The zero-order valence-electron chi connectivity index (χ0n) is 9.70. The zero-order valence-corrected chi connectivity index (χ0v) is 11.3. The molecule has 2 heterocycles. The van der Waals surface area contributed by atoms with Crippen LogP contribution >= 0.6 is 15.9 Å². The molecule has 2 aliphatic heterocycles. The molecule has 17 heavy (non-hydrogen) atoms. The third kappa shape index (κ3) is 1.70. The molecule has 3 nitrogen and oxygen atoms in total. The van der Waals surface area contributed by atoms with E-state index in [0.29, 0.717) is 6.42 Å². The smallest absolute Gasteiger partial charge is 0.227 e. The van der Waals surface area contributed by atoms with Crippen LogP contribution in [-0.4, -0.2) is 26.2 Å². The first-order valence-corrected chi connectivity index (χ1v) is 6.56. The van der Waals surface area contributed by atoms with Gasteiger partial charge >= 0.3 is 0 Å². The summed E-state index contributed by atoms with van der Waals surface area (Å²) in [6, 6.07) is 6.34. The number of rotatable bonds is 1. The molecule has 2 aliphatic rings. The van der Waals surface area contributed by atoms with Gasteiger partial charge in [-0.2, -0.15) is 0 Å². The molecule has 90 valence electrons. The molecule has 0 saturated carbocycles. The molecular formula is C13H14BrNO2. The first-order valence-electron chi connectivity index (χ1n) is 5.77. The topological polar surface area (TPSA) is 29.5 Å². The second-order valence-electron chi connectivity index (χ2n) is 4.75. The van der Waals surface area contributed by atoms with E-state index in [9.17, 15) is 4.79 Å². The molecule has 0 aliphatic carbocycles. The van der Waals surface area contributed by atoms with Gasteiger partial charge < -0.3 is 9.64 Å². The van der Waals surface area contributed by atoms with E-state index >= 15 is 0 Å². The summed E-state index contributed by atoms with van der Waals surface area (Å²) in [5, 5.41) is 0. The molecule has 0 aromatic heterocycles. The normalized spacial score (nSPS) is 22.0. The van der Waals surface area contributed by atoms with Gasteiger partial charge in [0.2, 0.25) is 5.91 Å². The SMILES string of the molecule is CN1C(=O)CCc2cc(C3(Br)COC3)ccc21. The minimum atomic E-state index is -0.0118. The van der Waals surface area contributed by atoms with Crippen molar-refractivity contribution in [1.82, 2.24) is 0 Å². The van der Waals surface area contributed by atoms with E-state index in [1.165, 1.54) is 11.1 Å². The fourth-order valence-electron chi connectivity index (χ4n) is 2.38. The average molecular weight is 296 g/mol. The molecule has 0 N–H and O–H groups in total. The van der Waals surface area contributed by atoms with Crippen molar-refractivity contribution in [3.63, 3.8) is 0 Å². The Morgan fingerprint density at radius 2 is 2.12 bits per heavy atom. The molecule has 1 fully saturated rings. The summed E-state index contributed by atoms with van der Waals surface area (Å²) in [6.45, 7) is 1.45. The number of hydrogen-bond acceptors (Lipinski definition) is 2. The van der Waals surface area contributed by atoms with Crippen LogP contribution in [0.15, 0.2) is 18.2 Å². The minimum absolute atomic E-state index is 0.0118. The van der Waals surface area contributed by atoms with Gasteiger partial charge in [0.05, 0.1) is 17.5 Å². The van der Waals surface area contributed by atoms with E-state index in [1.54, 1.807) is 4.90 Å². The van der Waals surface area contributed by atoms with Gasteiger partial charge in [0.25, 0.3) is 0 Å². The number of alkyl halides is 1. The highest BCUT2D eigenvalue weighted by atomic mass is 79.9. The Morgan fingerprint density at radius 1 is 1.35 bits per heavy atom.